The minimum absolute atomic E-state index is 0.590. The van der Waals surface area contributed by atoms with E-state index < -0.39 is 0 Å². The van der Waals surface area contributed by atoms with E-state index in [1.54, 1.807) is 7.11 Å². The molecule has 1 aromatic carbocycles. The summed E-state index contributed by atoms with van der Waals surface area (Å²) >= 11 is 0. The van der Waals surface area contributed by atoms with Gasteiger partial charge in [0.05, 0.1) is 7.11 Å². The molecule has 0 spiro atoms. The number of hydrogen-bond donors (Lipinski definition) is 1. The van der Waals surface area contributed by atoms with E-state index in [1.807, 2.05) is 0 Å². The first-order valence-corrected chi connectivity index (χ1v) is 8.08. The quantitative estimate of drug-likeness (QED) is 0.806. The van der Waals surface area contributed by atoms with Gasteiger partial charge >= 0.3 is 0 Å². The van der Waals surface area contributed by atoms with Crippen LogP contribution in [0.2, 0.25) is 0 Å². The zero-order valence-corrected chi connectivity index (χ0v) is 13.2. The number of rotatable bonds is 7. The lowest BCUT2D eigenvalue weighted by Crippen LogP contribution is -2.38. The minimum Gasteiger partial charge on any atom is -0.497 e. The Kier molecular flexibility index (Phi) is 5.90. The van der Waals surface area contributed by atoms with Crippen LogP contribution in [0.25, 0.3) is 0 Å². The number of benzene rings is 1. The minimum atomic E-state index is 0.590. The smallest absolute Gasteiger partial charge is 0.118 e. The van der Waals surface area contributed by atoms with Crippen molar-refractivity contribution in [2.75, 3.05) is 7.11 Å². The van der Waals surface area contributed by atoms with Gasteiger partial charge in [0.1, 0.15) is 5.75 Å². The third kappa shape index (κ3) is 4.52. The Balaban J connectivity index is 1.72. The monoisotopic (exact) mass is 275 g/mol. The molecule has 2 nitrogen and oxygen atoms in total. The van der Waals surface area contributed by atoms with Gasteiger partial charge in [-0.25, -0.2) is 0 Å². The number of aryl methyl sites for hydroxylation is 1. The van der Waals surface area contributed by atoms with Gasteiger partial charge in [0, 0.05) is 12.1 Å². The van der Waals surface area contributed by atoms with Crippen molar-refractivity contribution < 1.29 is 4.74 Å². The lowest BCUT2D eigenvalue weighted by atomic mass is 9.98. The van der Waals surface area contributed by atoms with Crippen LogP contribution in [-0.2, 0) is 6.42 Å². The van der Waals surface area contributed by atoms with Crippen molar-refractivity contribution in [3.8, 4) is 5.75 Å². The molecule has 1 aliphatic carbocycles. The van der Waals surface area contributed by atoms with Gasteiger partial charge in [0.25, 0.3) is 0 Å². The number of hydrogen-bond acceptors (Lipinski definition) is 2. The molecule has 1 aliphatic rings. The molecule has 2 heteroatoms. The molecule has 1 unspecified atom stereocenters. The van der Waals surface area contributed by atoms with Gasteiger partial charge in [-0.15, -0.1) is 0 Å². The van der Waals surface area contributed by atoms with E-state index in [1.165, 1.54) is 37.7 Å². The van der Waals surface area contributed by atoms with Crippen LogP contribution in [0.5, 0.6) is 5.75 Å². The van der Waals surface area contributed by atoms with Gasteiger partial charge in [-0.2, -0.15) is 0 Å². The van der Waals surface area contributed by atoms with E-state index in [-0.39, 0.29) is 0 Å². The zero-order valence-electron chi connectivity index (χ0n) is 13.2. The summed E-state index contributed by atoms with van der Waals surface area (Å²) in [5.41, 5.74) is 1.40. The van der Waals surface area contributed by atoms with E-state index >= 15 is 0 Å². The zero-order chi connectivity index (χ0) is 14.4. The molecule has 0 heterocycles. The summed E-state index contributed by atoms with van der Waals surface area (Å²) < 4.78 is 5.19. The fourth-order valence-corrected chi connectivity index (χ4v) is 3.30. The predicted molar refractivity (Wildman–Crippen MR) is 85.3 cm³/mol. The van der Waals surface area contributed by atoms with Crippen LogP contribution in [0.4, 0.5) is 0 Å². The fraction of sp³-hybridized carbons (Fsp3) is 0.667. The van der Waals surface area contributed by atoms with Crippen molar-refractivity contribution in [2.45, 2.75) is 64.5 Å². The Hall–Kier alpha value is -1.02. The molecule has 1 fully saturated rings. The topological polar surface area (TPSA) is 21.3 Å². The molecule has 0 amide bonds. The Labute approximate surface area is 123 Å². The first-order valence-electron chi connectivity index (χ1n) is 8.08. The number of ether oxygens (including phenoxy) is 1. The van der Waals surface area contributed by atoms with Gasteiger partial charge in [0.2, 0.25) is 0 Å². The molecular weight excluding hydrogens is 246 g/mol. The average Bonchev–Trinajstić information content (AvgIpc) is 3.00. The van der Waals surface area contributed by atoms with E-state index in [2.05, 4.69) is 43.4 Å². The Morgan fingerprint density at radius 1 is 1.15 bits per heavy atom. The highest BCUT2D eigenvalue weighted by atomic mass is 16.5. The summed E-state index contributed by atoms with van der Waals surface area (Å²) in [7, 11) is 1.71. The van der Waals surface area contributed by atoms with Gasteiger partial charge < -0.3 is 10.1 Å². The molecule has 0 aliphatic heterocycles. The average molecular weight is 275 g/mol. The van der Waals surface area contributed by atoms with Gasteiger partial charge in [-0.05, 0) is 63.1 Å². The maximum absolute atomic E-state index is 5.19. The highest BCUT2D eigenvalue weighted by molar-refractivity contribution is 5.27. The molecule has 0 radical (unpaired) electrons. The third-order valence-electron chi connectivity index (χ3n) is 4.68. The Morgan fingerprint density at radius 2 is 1.80 bits per heavy atom. The van der Waals surface area contributed by atoms with Crippen molar-refractivity contribution in [1.29, 1.82) is 0 Å². The lowest BCUT2D eigenvalue weighted by molar-refractivity contribution is 0.341. The van der Waals surface area contributed by atoms with Crippen LogP contribution < -0.4 is 10.1 Å². The Morgan fingerprint density at radius 3 is 2.40 bits per heavy atom. The van der Waals surface area contributed by atoms with Gasteiger partial charge in [0.15, 0.2) is 0 Å². The summed E-state index contributed by atoms with van der Waals surface area (Å²) in [4.78, 5) is 0. The first-order chi connectivity index (χ1) is 9.69. The van der Waals surface area contributed by atoms with E-state index in [4.69, 9.17) is 4.74 Å². The molecule has 0 saturated heterocycles. The van der Waals surface area contributed by atoms with Crippen LogP contribution in [0, 0.1) is 5.92 Å². The lowest BCUT2D eigenvalue weighted by Gasteiger charge is -2.25. The molecule has 20 heavy (non-hydrogen) atoms. The van der Waals surface area contributed by atoms with E-state index in [0.717, 1.165) is 18.1 Å². The molecule has 1 saturated carbocycles. The molecule has 1 aromatic rings. The van der Waals surface area contributed by atoms with Crippen molar-refractivity contribution in [3.63, 3.8) is 0 Å². The van der Waals surface area contributed by atoms with Crippen molar-refractivity contribution in [1.82, 2.24) is 5.32 Å². The Bertz CT molecular complexity index is 381. The van der Waals surface area contributed by atoms with Crippen LogP contribution in [0.15, 0.2) is 24.3 Å². The van der Waals surface area contributed by atoms with Gasteiger partial charge in [-0.1, -0.05) is 25.0 Å². The molecule has 0 bridgehead atoms. The molecule has 2 atom stereocenters. The van der Waals surface area contributed by atoms with Crippen molar-refractivity contribution in [2.24, 2.45) is 5.92 Å². The maximum atomic E-state index is 5.19. The highest BCUT2D eigenvalue weighted by Crippen LogP contribution is 2.27. The number of nitrogens with one attached hydrogen (secondary N) is 1. The maximum Gasteiger partial charge on any atom is 0.118 e. The summed E-state index contributed by atoms with van der Waals surface area (Å²) in [6.07, 6.45) is 8.02. The normalized spacial score (nSPS) is 18.9. The second-order valence-electron chi connectivity index (χ2n) is 6.29. The summed E-state index contributed by atoms with van der Waals surface area (Å²) in [6, 6.07) is 9.71. The highest BCUT2D eigenvalue weighted by Gasteiger charge is 2.22. The van der Waals surface area contributed by atoms with Crippen LogP contribution in [0.1, 0.15) is 51.5 Å². The summed E-state index contributed by atoms with van der Waals surface area (Å²) in [6.45, 7) is 4.68. The van der Waals surface area contributed by atoms with E-state index in [9.17, 15) is 0 Å². The summed E-state index contributed by atoms with van der Waals surface area (Å²) in [5.74, 6) is 1.84. The van der Waals surface area contributed by atoms with Crippen molar-refractivity contribution in [3.05, 3.63) is 29.8 Å². The molecular formula is C18H29NO. The van der Waals surface area contributed by atoms with Crippen LogP contribution >= 0.6 is 0 Å². The van der Waals surface area contributed by atoms with Crippen LogP contribution in [-0.4, -0.2) is 19.2 Å². The number of methoxy groups -OCH3 is 1. The van der Waals surface area contributed by atoms with E-state index in [0.29, 0.717) is 12.1 Å². The fourth-order valence-electron chi connectivity index (χ4n) is 3.30. The largest absolute Gasteiger partial charge is 0.497 e. The third-order valence-corrected chi connectivity index (χ3v) is 4.68. The standard InChI is InChI=1S/C18H29NO/c1-14(19-15(2)17-6-4-5-7-17)8-9-16-10-12-18(20-3)13-11-16/h10-15,17,19H,4-9H2,1-3H3/t14?,15-/m1/s1. The van der Waals surface area contributed by atoms with Crippen molar-refractivity contribution >= 4 is 0 Å². The van der Waals surface area contributed by atoms with Gasteiger partial charge in [-0.3, -0.25) is 0 Å². The molecule has 112 valence electrons. The molecule has 0 aromatic heterocycles. The predicted octanol–water partition coefficient (Wildman–Crippen LogP) is 4.18. The second-order valence-corrected chi connectivity index (χ2v) is 6.29. The van der Waals surface area contributed by atoms with Crippen LogP contribution in [0.3, 0.4) is 0 Å². The molecule has 2 rings (SSSR count). The molecule has 1 N–H and O–H groups in total. The second kappa shape index (κ2) is 7.68. The first kappa shape index (κ1) is 15.4. The SMILES string of the molecule is COc1ccc(CCC(C)N[C@H](C)C2CCCC2)cc1. The summed E-state index contributed by atoms with van der Waals surface area (Å²) in [5, 5.41) is 3.79.